The summed E-state index contributed by atoms with van der Waals surface area (Å²) in [6.07, 6.45) is 3.82. The third-order valence-corrected chi connectivity index (χ3v) is 3.73. The third kappa shape index (κ3) is 14.9. The van der Waals surface area contributed by atoms with Gasteiger partial charge in [-0.1, -0.05) is 20.8 Å². The Balaban J connectivity index is 4.05. The molecular formula is C19H33BrN2O4. The molecule has 2 amide bonds. The predicted molar refractivity (Wildman–Crippen MR) is 107 cm³/mol. The number of carbonyl (C=O) groups is 3. The average molecular weight is 433 g/mol. The van der Waals surface area contributed by atoms with Crippen molar-refractivity contribution in [1.82, 2.24) is 10.6 Å². The van der Waals surface area contributed by atoms with Gasteiger partial charge in [0, 0.05) is 25.6 Å². The largest absolute Gasteiger partial charge is 0.460 e. The maximum absolute atomic E-state index is 11.9. The fourth-order valence-corrected chi connectivity index (χ4v) is 2.32. The van der Waals surface area contributed by atoms with Gasteiger partial charge in [-0.2, -0.15) is 0 Å². The van der Waals surface area contributed by atoms with E-state index < -0.39 is 5.60 Å². The molecule has 0 saturated heterocycles. The molecule has 0 aromatic heterocycles. The lowest BCUT2D eigenvalue weighted by atomic mass is 9.91. The molecule has 2 N–H and O–H groups in total. The van der Waals surface area contributed by atoms with Crippen LogP contribution in [0.1, 0.15) is 67.2 Å². The van der Waals surface area contributed by atoms with Gasteiger partial charge in [0.05, 0.1) is 4.48 Å². The molecule has 0 spiro atoms. The predicted octanol–water partition coefficient (Wildman–Crippen LogP) is 3.45. The van der Waals surface area contributed by atoms with Crippen molar-refractivity contribution in [1.29, 1.82) is 0 Å². The summed E-state index contributed by atoms with van der Waals surface area (Å²) in [5.74, 6) is -0.996. The highest BCUT2D eigenvalue weighted by Gasteiger charge is 2.16. The Labute approximate surface area is 165 Å². The van der Waals surface area contributed by atoms with Crippen LogP contribution in [0.3, 0.4) is 0 Å². The lowest BCUT2D eigenvalue weighted by Gasteiger charge is -2.19. The molecule has 7 heteroatoms. The highest BCUT2D eigenvalue weighted by molar-refractivity contribution is 9.12. The van der Waals surface area contributed by atoms with Crippen molar-refractivity contribution in [2.75, 3.05) is 13.1 Å². The first-order chi connectivity index (χ1) is 11.8. The number of carbonyl (C=O) groups excluding carboxylic acids is 3. The minimum Gasteiger partial charge on any atom is -0.460 e. The normalized spacial score (nSPS) is 12.5. The summed E-state index contributed by atoms with van der Waals surface area (Å²) in [5.41, 5.74) is -0.271. The van der Waals surface area contributed by atoms with E-state index in [0.717, 1.165) is 12.8 Å². The molecule has 0 aromatic carbocycles. The Bertz CT molecular complexity index is 517. The van der Waals surface area contributed by atoms with Crippen LogP contribution in [0, 0.1) is 5.41 Å². The first kappa shape index (κ1) is 24.6. The summed E-state index contributed by atoms with van der Waals surface area (Å²) in [4.78, 5) is 35.2. The van der Waals surface area contributed by atoms with Crippen LogP contribution in [0.2, 0.25) is 0 Å². The molecule has 150 valence electrons. The molecule has 6 nitrogen and oxygen atoms in total. The van der Waals surface area contributed by atoms with E-state index in [9.17, 15) is 14.4 Å². The molecule has 0 aliphatic rings. The zero-order chi connectivity index (χ0) is 20.4. The molecular weight excluding hydrogens is 400 g/mol. The van der Waals surface area contributed by atoms with Crippen molar-refractivity contribution in [3.63, 3.8) is 0 Å². The number of esters is 1. The van der Waals surface area contributed by atoms with Gasteiger partial charge in [-0.15, -0.1) is 0 Å². The quantitative estimate of drug-likeness (QED) is 0.332. The van der Waals surface area contributed by atoms with E-state index >= 15 is 0 Å². The van der Waals surface area contributed by atoms with Crippen LogP contribution in [-0.2, 0) is 19.1 Å². The molecule has 0 fully saturated rings. The van der Waals surface area contributed by atoms with E-state index in [4.69, 9.17) is 4.74 Å². The van der Waals surface area contributed by atoms with Gasteiger partial charge < -0.3 is 15.4 Å². The minimum atomic E-state index is -0.508. The minimum absolute atomic E-state index is 0.156. The van der Waals surface area contributed by atoms with Crippen molar-refractivity contribution >= 4 is 33.7 Å². The van der Waals surface area contributed by atoms with E-state index in [1.165, 1.54) is 6.08 Å². The van der Waals surface area contributed by atoms with Crippen molar-refractivity contribution < 1.29 is 19.1 Å². The van der Waals surface area contributed by atoms with E-state index in [0.29, 0.717) is 19.5 Å². The fourth-order valence-electron chi connectivity index (χ4n) is 1.97. The summed E-state index contributed by atoms with van der Waals surface area (Å²) in [6, 6.07) is 0. The van der Waals surface area contributed by atoms with Crippen molar-refractivity contribution in [3.05, 3.63) is 10.6 Å². The SMILES string of the molecule is CC(C)(C)CCCNC(=O)/C=C(\Br)C(=O)NCCCC(=O)OC(C)(C)C. The Morgan fingerprint density at radius 2 is 1.54 bits per heavy atom. The van der Waals surface area contributed by atoms with E-state index in [-0.39, 0.29) is 34.1 Å². The summed E-state index contributed by atoms with van der Waals surface area (Å²) in [5, 5.41) is 5.41. The standard InChI is InChI=1S/C19H33BrN2O4/c1-18(2,3)10-8-12-21-15(23)13-14(20)17(25)22-11-7-9-16(24)26-19(4,5)6/h13H,7-12H2,1-6H3,(H,21,23)(H,22,25)/b14-13-. The zero-order valence-corrected chi connectivity index (χ0v) is 18.4. The van der Waals surface area contributed by atoms with Gasteiger partial charge in [0.15, 0.2) is 0 Å². The molecule has 0 atom stereocenters. The number of hydrogen-bond donors (Lipinski definition) is 2. The highest BCUT2D eigenvalue weighted by Crippen LogP contribution is 2.19. The van der Waals surface area contributed by atoms with Crippen LogP contribution < -0.4 is 10.6 Å². The van der Waals surface area contributed by atoms with Gasteiger partial charge >= 0.3 is 5.97 Å². The monoisotopic (exact) mass is 432 g/mol. The van der Waals surface area contributed by atoms with Gasteiger partial charge in [0.1, 0.15) is 5.60 Å². The van der Waals surface area contributed by atoms with Crippen LogP contribution in [0.4, 0.5) is 0 Å². The molecule has 0 unspecified atom stereocenters. The van der Waals surface area contributed by atoms with Gasteiger partial charge in [-0.05, 0) is 61.4 Å². The number of rotatable bonds is 9. The number of hydrogen-bond acceptors (Lipinski definition) is 4. The van der Waals surface area contributed by atoms with E-state index in [2.05, 4.69) is 47.3 Å². The summed E-state index contributed by atoms with van der Waals surface area (Å²) in [6.45, 7) is 12.8. The Kier molecular flexibility index (Phi) is 10.8. The summed E-state index contributed by atoms with van der Waals surface area (Å²) >= 11 is 3.10. The fraction of sp³-hybridized carbons (Fsp3) is 0.737. The van der Waals surface area contributed by atoms with Gasteiger partial charge in [-0.3, -0.25) is 14.4 Å². The number of halogens is 1. The number of nitrogens with one attached hydrogen (secondary N) is 2. The average Bonchev–Trinajstić information content (AvgIpc) is 2.45. The molecule has 0 aliphatic heterocycles. The first-order valence-corrected chi connectivity index (χ1v) is 9.74. The molecule has 0 bridgehead atoms. The van der Waals surface area contributed by atoms with Crippen LogP contribution in [0.15, 0.2) is 10.6 Å². The molecule has 0 aliphatic carbocycles. The lowest BCUT2D eigenvalue weighted by molar-refractivity contribution is -0.155. The molecule has 0 aromatic rings. The highest BCUT2D eigenvalue weighted by atomic mass is 79.9. The van der Waals surface area contributed by atoms with Crippen LogP contribution in [0.25, 0.3) is 0 Å². The molecule has 0 saturated carbocycles. The van der Waals surface area contributed by atoms with E-state index in [1.807, 2.05) is 20.8 Å². The third-order valence-electron chi connectivity index (χ3n) is 3.14. The molecule has 0 rings (SSSR count). The maximum atomic E-state index is 11.9. The Morgan fingerprint density at radius 3 is 2.08 bits per heavy atom. The van der Waals surface area contributed by atoms with Crippen LogP contribution >= 0.6 is 15.9 Å². The van der Waals surface area contributed by atoms with E-state index in [1.54, 1.807) is 0 Å². The maximum Gasteiger partial charge on any atom is 0.306 e. The van der Waals surface area contributed by atoms with Gasteiger partial charge in [-0.25, -0.2) is 0 Å². The Morgan fingerprint density at radius 1 is 0.962 bits per heavy atom. The summed E-state index contributed by atoms with van der Waals surface area (Å²) < 4.78 is 5.34. The van der Waals surface area contributed by atoms with Gasteiger partial charge in [0.25, 0.3) is 5.91 Å². The zero-order valence-electron chi connectivity index (χ0n) is 16.8. The van der Waals surface area contributed by atoms with Crippen molar-refractivity contribution in [2.24, 2.45) is 5.41 Å². The number of amides is 2. The lowest BCUT2D eigenvalue weighted by Crippen LogP contribution is -2.28. The number of ether oxygens (including phenoxy) is 1. The second kappa shape index (κ2) is 11.4. The van der Waals surface area contributed by atoms with Gasteiger partial charge in [0.2, 0.25) is 5.91 Å². The topological polar surface area (TPSA) is 84.5 Å². The molecule has 26 heavy (non-hydrogen) atoms. The second-order valence-corrected chi connectivity index (χ2v) is 9.25. The first-order valence-electron chi connectivity index (χ1n) is 8.95. The molecule has 0 heterocycles. The van der Waals surface area contributed by atoms with Crippen molar-refractivity contribution in [2.45, 2.75) is 72.8 Å². The second-order valence-electron chi connectivity index (χ2n) is 8.39. The molecule has 0 radical (unpaired) electrons. The summed E-state index contributed by atoms with van der Waals surface area (Å²) in [7, 11) is 0. The van der Waals surface area contributed by atoms with Crippen molar-refractivity contribution in [3.8, 4) is 0 Å². The Hall–Kier alpha value is -1.37. The smallest absolute Gasteiger partial charge is 0.306 e. The van der Waals surface area contributed by atoms with Crippen LogP contribution in [-0.4, -0.2) is 36.5 Å². The van der Waals surface area contributed by atoms with Crippen LogP contribution in [0.5, 0.6) is 0 Å².